The summed E-state index contributed by atoms with van der Waals surface area (Å²) in [6, 6.07) is 8.99. The lowest BCUT2D eigenvalue weighted by Crippen LogP contribution is -2.74. The van der Waals surface area contributed by atoms with E-state index < -0.39 is 40.0 Å². The van der Waals surface area contributed by atoms with Crippen molar-refractivity contribution in [3.05, 3.63) is 63.7 Å². The Balaban J connectivity index is 1.44. The first-order valence-corrected chi connectivity index (χ1v) is 12.9. The number of carbonyl (C=O) groups is 1. The number of nitriles is 1. The highest BCUT2D eigenvalue weighted by Crippen LogP contribution is 2.55. The Hall–Kier alpha value is -2.73. The molecule has 1 amide bonds. The van der Waals surface area contributed by atoms with Crippen LogP contribution in [-0.4, -0.2) is 55.7 Å². The largest absolute Gasteiger partial charge is 0.489 e. The summed E-state index contributed by atoms with van der Waals surface area (Å²) in [6.45, 7) is 12.1. The highest BCUT2D eigenvalue weighted by Gasteiger charge is 2.64. The molecule has 2 aromatic carbocycles. The van der Waals surface area contributed by atoms with Gasteiger partial charge >= 0.3 is 0 Å². The zero-order valence-corrected chi connectivity index (χ0v) is 22.4. The van der Waals surface area contributed by atoms with Gasteiger partial charge in [-0.15, -0.1) is 0 Å². The molecule has 1 aliphatic carbocycles. The summed E-state index contributed by atoms with van der Waals surface area (Å²) >= 11 is 6.15. The van der Waals surface area contributed by atoms with Crippen LogP contribution in [0.1, 0.15) is 49.2 Å². The number of nitrogens with one attached hydrogen (secondary N) is 2. The molecule has 6 nitrogen and oxygen atoms in total. The molecule has 0 unspecified atom stereocenters. The summed E-state index contributed by atoms with van der Waals surface area (Å²) in [5.74, 6) is -1.99. The zero-order valence-electron chi connectivity index (χ0n) is 21.6. The Morgan fingerprint density at radius 1 is 1.16 bits per heavy atom. The van der Waals surface area contributed by atoms with Gasteiger partial charge in [0.2, 0.25) is 0 Å². The van der Waals surface area contributed by atoms with Crippen LogP contribution in [0, 0.1) is 33.8 Å². The molecule has 2 aromatic rings. The molecule has 1 saturated carbocycles. The fourth-order valence-corrected chi connectivity index (χ4v) is 6.22. The van der Waals surface area contributed by atoms with Gasteiger partial charge in [0.1, 0.15) is 35.1 Å². The minimum Gasteiger partial charge on any atom is -0.489 e. The molecule has 2 aliphatic rings. The fraction of sp³-hybridized carbons (Fsp3) is 0.500. The predicted octanol–water partition coefficient (Wildman–Crippen LogP) is 4.55. The third-order valence-corrected chi connectivity index (χ3v) is 8.00. The van der Waals surface area contributed by atoms with Crippen LogP contribution in [-0.2, 0) is 6.42 Å². The van der Waals surface area contributed by atoms with E-state index in [0.717, 1.165) is 26.2 Å². The Kier molecular flexibility index (Phi) is 7.80. The molecule has 198 valence electrons. The van der Waals surface area contributed by atoms with Gasteiger partial charge in [-0.05, 0) is 36.2 Å². The van der Waals surface area contributed by atoms with E-state index >= 15 is 0 Å². The Bertz CT molecular complexity index is 1180. The van der Waals surface area contributed by atoms with E-state index in [-0.39, 0.29) is 6.10 Å². The summed E-state index contributed by atoms with van der Waals surface area (Å²) in [7, 11) is 0. The topological polar surface area (TPSA) is 77.4 Å². The van der Waals surface area contributed by atoms with Gasteiger partial charge in [-0.1, -0.05) is 39.3 Å². The SMILES string of the molecule is CC1(C)[C@H](NC(=O)c2c(F)cc(CCN3CCNCC3)cc2F)C(C)(C)[C@H]1Oc1ccc(C#N)c(Cl)c1. The number of amides is 1. The van der Waals surface area contributed by atoms with Crippen molar-refractivity contribution in [2.45, 2.75) is 46.3 Å². The van der Waals surface area contributed by atoms with Gasteiger partial charge in [0.05, 0.1) is 10.6 Å². The Morgan fingerprint density at radius 2 is 1.78 bits per heavy atom. The normalized spacial score (nSPS) is 22.5. The van der Waals surface area contributed by atoms with Gasteiger partial charge in [-0.25, -0.2) is 8.78 Å². The van der Waals surface area contributed by atoms with Gasteiger partial charge in [-0.2, -0.15) is 5.26 Å². The van der Waals surface area contributed by atoms with Crippen molar-refractivity contribution in [3.63, 3.8) is 0 Å². The summed E-state index contributed by atoms with van der Waals surface area (Å²) < 4.78 is 36.1. The van der Waals surface area contributed by atoms with E-state index in [1.165, 1.54) is 12.1 Å². The van der Waals surface area contributed by atoms with Crippen molar-refractivity contribution in [3.8, 4) is 11.8 Å². The molecule has 0 aromatic heterocycles. The highest BCUT2D eigenvalue weighted by molar-refractivity contribution is 6.31. The van der Waals surface area contributed by atoms with Gasteiger partial charge < -0.3 is 20.3 Å². The lowest BCUT2D eigenvalue weighted by molar-refractivity contribution is -0.164. The summed E-state index contributed by atoms with van der Waals surface area (Å²) in [6.07, 6.45) is 0.188. The summed E-state index contributed by atoms with van der Waals surface area (Å²) in [5.41, 5.74) is -0.777. The van der Waals surface area contributed by atoms with Crippen molar-refractivity contribution in [2.24, 2.45) is 10.8 Å². The standard InChI is InChI=1S/C28H33ClF2N4O2/c1-27(2)25(28(3,4)26(27)37-19-6-5-18(16-32)20(29)15-19)34-24(36)23-21(30)13-17(14-22(23)31)7-10-35-11-8-33-9-12-35/h5-6,13-15,25-26,33H,7-12H2,1-4H3,(H,34,36)/t25-,26-. The molecule has 0 atom stereocenters. The van der Waals surface area contributed by atoms with E-state index in [4.69, 9.17) is 21.6 Å². The molecule has 1 saturated heterocycles. The third kappa shape index (κ3) is 5.45. The molecule has 9 heteroatoms. The number of hydrogen-bond donors (Lipinski definition) is 2. The van der Waals surface area contributed by atoms with Crippen molar-refractivity contribution in [2.75, 3.05) is 32.7 Å². The first-order valence-electron chi connectivity index (χ1n) is 12.5. The number of benzene rings is 2. The smallest absolute Gasteiger partial charge is 0.257 e. The van der Waals surface area contributed by atoms with Crippen LogP contribution >= 0.6 is 11.6 Å². The number of carbonyl (C=O) groups excluding carboxylic acids is 1. The van der Waals surface area contributed by atoms with Crippen LogP contribution in [0.3, 0.4) is 0 Å². The molecule has 37 heavy (non-hydrogen) atoms. The third-order valence-electron chi connectivity index (χ3n) is 7.69. The molecule has 4 rings (SSSR count). The monoisotopic (exact) mass is 530 g/mol. The first kappa shape index (κ1) is 27.3. The van der Waals surface area contributed by atoms with E-state index in [1.807, 2.05) is 33.8 Å². The van der Waals surface area contributed by atoms with Gasteiger partial charge in [0, 0.05) is 55.7 Å². The number of rotatable bonds is 7. The fourth-order valence-electron chi connectivity index (χ4n) is 6.01. The van der Waals surface area contributed by atoms with Crippen LogP contribution < -0.4 is 15.4 Å². The van der Waals surface area contributed by atoms with Gasteiger partial charge in [-0.3, -0.25) is 4.79 Å². The van der Waals surface area contributed by atoms with E-state index in [2.05, 4.69) is 15.5 Å². The maximum atomic E-state index is 15.0. The predicted molar refractivity (Wildman–Crippen MR) is 139 cm³/mol. The van der Waals surface area contributed by atoms with Crippen molar-refractivity contribution in [1.82, 2.24) is 15.5 Å². The molecule has 1 aliphatic heterocycles. The zero-order chi connectivity index (χ0) is 27.0. The van der Waals surface area contributed by atoms with Gasteiger partial charge in [0.15, 0.2) is 0 Å². The molecule has 0 spiro atoms. The van der Waals surface area contributed by atoms with Crippen molar-refractivity contribution in [1.29, 1.82) is 5.26 Å². The van der Waals surface area contributed by atoms with Crippen LogP contribution in [0.4, 0.5) is 8.78 Å². The molecule has 2 fully saturated rings. The van der Waals surface area contributed by atoms with Gasteiger partial charge in [0.25, 0.3) is 5.91 Å². The second kappa shape index (κ2) is 10.6. The average Bonchev–Trinajstić information content (AvgIpc) is 2.84. The highest BCUT2D eigenvalue weighted by atomic mass is 35.5. The molecule has 0 bridgehead atoms. The number of hydrogen-bond acceptors (Lipinski definition) is 5. The molecular weight excluding hydrogens is 498 g/mol. The van der Waals surface area contributed by atoms with Crippen LogP contribution in [0.5, 0.6) is 5.75 Å². The number of piperazine rings is 1. The first-order chi connectivity index (χ1) is 17.4. The van der Waals surface area contributed by atoms with Crippen molar-refractivity contribution >= 4 is 17.5 Å². The minimum atomic E-state index is -0.859. The van der Waals surface area contributed by atoms with Crippen LogP contribution in [0.25, 0.3) is 0 Å². The Labute approximate surface area is 221 Å². The molecular formula is C28H33ClF2N4O2. The summed E-state index contributed by atoms with van der Waals surface area (Å²) in [5, 5.41) is 15.5. The number of halogens is 3. The van der Waals surface area contributed by atoms with Crippen molar-refractivity contribution < 1.29 is 18.3 Å². The number of ether oxygens (including phenoxy) is 1. The minimum absolute atomic E-state index is 0.294. The van der Waals surface area contributed by atoms with E-state index in [1.54, 1.807) is 18.2 Å². The molecule has 0 radical (unpaired) electrons. The van der Waals surface area contributed by atoms with E-state index in [9.17, 15) is 13.6 Å². The maximum absolute atomic E-state index is 15.0. The average molecular weight is 531 g/mol. The molecule has 2 N–H and O–H groups in total. The lowest BCUT2D eigenvalue weighted by atomic mass is 9.49. The lowest BCUT2D eigenvalue weighted by Gasteiger charge is -2.63. The van der Waals surface area contributed by atoms with Crippen LogP contribution in [0.2, 0.25) is 5.02 Å². The second-order valence-electron chi connectivity index (χ2n) is 11.1. The van der Waals surface area contributed by atoms with E-state index in [0.29, 0.717) is 34.9 Å². The van der Waals surface area contributed by atoms with Crippen LogP contribution in [0.15, 0.2) is 30.3 Å². The quantitative estimate of drug-likeness (QED) is 0.549. The second-order valence-corrected chi connectivity index (χ2v) is 11.5. The Morgan fingerprint density at radius 3 is 2.35 bits per heavy atom. The molecule has 1 heterocycles. The summed E-state index contributed by atoms with van der Waals surface area (Å²) in [4.78, 5) is 15.3. The maximum Gasteiger partial charge on any atom is 0.257 e. The number of nitrogens with zero attached hydrogens (tertiary/aromatic N) is 2.